The number of carboxylic acid groups (broad SMARTS) is 1. The molecule has 1 aliphatic rings. The third-order valence-corrected chi connectivity index (χ3v) is 5.72. The Morgan fingerprint density at radius 3 is 2.18 bits per heavy atom. The maximum Gasteiger partial charge on any atom is 0.407 e. The van der Waals surface area contributed by atoms with E-state index in [9.17, 15) is 23.5 Å². The van der Waals surface area contributed by atoms with Crippen molar-refractivity contribution in [1.82, 2.24) is 5.32 Å². The predicted molar refractivity (Wildman–Crippen MR) is 116 cm³/mol. The average molecular weight is 453 g/mol. The molecule has 2 N–H and O–H groups in total. The molecule has 3 aromatic carbocycles. The molecule has 1 unspecified atom stereocenters. The fourth-order valence-electron chi connectivity index (χ4n) is 4.14. The lowest BCUT2D eigenvalue weighted by atomic mass is 9.98. The van der Waals surface area contributed by atoms with E-state index in [1.807, 2.05) is 48.5 Å². The molecule has 0 bridgehead atoms. The van der Waals surface area contributed by atoms with Gasteiger partial charge in [-0.25, -0.2) is 18.4 Å². The molecule has 4 rings (SSSR count). The number of carbonyl (C=O) groups is 2. The number of hydrogen-bond acceptors (Lipinski definition) is 4. The summed E-state index contributed by atoms with van der Waals surface area (Å²) in [6, 6.07) is 16.1. The molecule has 0 aromatic heterocycles. The second-order valence-electron chi connectivity index (χ2n) is 7.61. The van der Waals surface area contributed by atoms with Crippen LogP contribution in [0.2, 0.25) is 0 Å². The lowest BCUT2D eigenvalue weighted by Gasteiger charge is -2.18. The van der Waals surface area contributed by atoms with Gasteiger partial charge in [0.2, 0.25) is 0 Å². The summed E-state index contributed by atoms with van der Waals surface area (Å²) in [6.07, 6.45) is -1.49. The molecular formula is C25H21F2NO5. The Hall–Kier alpha value is -3.94. The fourth-order valence-corrected chi connectivity index (χ4v) is 4.14. The van der Waals surface area contributed by atoms with Gasteiger partial charge in [-0.1, -0.05) is 48.5 Å². The Morgan fingerprint density at radius 1 is 1.00 bits per heavy atom. The molecule has 1 amide bonds. The summed E-state index contributed by atoms with van der Waals surface area (Å²) < 4.78 is 38.3. The Kier molecular flexibility index (Phi) is 6.26. The normalized spacial score (nSPS) is 13.1. The molecule has 0 saturated heterocycles. The highest BCUT2D eigenvalue weighted by Gasteiger charge is 2.30. The zero-order valence-corrected chi connectivity index (χ0v) is 17.7. The Balaban J connectivity index is 1.47. The van der Waals surface area contributed by atoms with E-state index >= 15 is 0 Å². The summed E-state index contributed by atoms with van der Waals surface area (Å²) in [5, 5.41) is 11.7. The van der Waals surface area contributed by atoms with Crippen LogP contribution in [0.1, 0.15) is 22.6 Å². The number of benzene rings is 3. The van der Waals surface area contributed by atoms with Gasteiger partial charge < -0.3 is 19.9 Å². The summed E-state index contributed by atoms with van der Waals surface area (Å²) in [5.74, 6) is -4.01. The van der Waals surface area contributed by atoms with Crippen molar-refractivity contribution in [2.24, 2.45) is 0 Å². The first-order chi connectivity index (χ1) is 15.9. The second kappa shape index (κ2) is 9.28. The molecule has 0 saturated carbocycles. The third kappa shape index (κ3) is 4.37. The first-order valence-electron chi connectivity index (χ1n) is 10.3. The van der Waals surface area contributed by atoms with Crippen LogP contribution >= 0.6 is 0 Å². The molecule has 0 spiro atoms. The van der Waals surface area contributed by atoms with Crippen molar-refractivity contribution in [1.29, 1.82) is 0 Å². The largest absolute Gasteiger partial charge is 0.496 e. The van der Waals surface area contributed by atoms with Crippen molar-refractivity contribution in [3.63, 3.8) is 0 Å². The van der Waals surface area contributed by atoms with Crippen LogP contribution in [0.3, 0.4) is 0 Å². The lowest BCUT2D eigenvalue weighted by Crippen LogP contribution is -2.43. The molecule has 6 nitrogen and oxygen atoms in total. The quantitative estimate of drug-likeness (QED) is 0.550. The number of methoxy groups -OCH3 is 1. The van der Waals surface area contributed by atoms with Crippen LogP contribution < -0.4 is 10.1 Å². The SMILES string of the molecule is COc1ccc(F)c(F)c1CC(NC(=O)OCC1c2ccccc2-c2ccccc21)C(=O)O. The number of aliphatic carboxylic acids is 1. The van der Waals surface area contributed by atoms with Crippen LogP contribution in [-0.2, 0) is 16.0 Å². The van der Waals surface area contributed by atoms with Gasteiger partial charge in [0, 0.05) is 17.9 Å². The lowest BCUT2D eigenvalue weighted by molar-refractivity contribution is -0.139. The van der Waals surface area contributed by atoms with E-state index in [2.05, 4.69) is 5.32 Å². The summed E-state index contributed by atoms with van der Waals surface area (Å²) >= 11 is 0. The van der Waals surface area contributed by atoms with Crippen LogP contribution in [0.5, 0.6) is 5.75 Å². The van der Waals surface area contributed by atoms with Crippen molar-refractivity contribution in [3.05, 3.63) is 89.0 Å². The van der Waals surface area contributed by atoms with Crippen molar-refractivity contribution >= 4 is 12.1 Å². The molecule has 1 atom stereocenters. The van der Waals surface area contributed by atoms with Gasteiger partial charge >= 0.3 is 12.1 Å². The number of amides is 1. The number of nitrogens with one attached hydrogen (secondary N) is 1. The minimum Gasteiger partial charge on any atom is -0.496 e. The van der Waals surface area contributed by atoms with Gasteiger partial charge in [-0.15, -0.1) is 0 Å². The highest BCUT2D eigenvalue weighted by molar-refractivity contribution is 5.81. The fraction of sp³-hybridized carbons (Fsp3) is 0.200. The van der Waals surface area contributed by atoms with Crippen molar-refractivity contribution < 1.29 is 33.0 Å². The number of carboxylic acids is 1. The van der Waals surface area contributed by atoms with Gasteiger partial charge in [-0.3, -0.25) is 0 Å². The maximum absolute atomic E-state index is 14.3. The predicted octanol–water partition coefficient (Wildman–Crippen LogP) is 4.51. The smallest absolute Gasteiger partial charge is 0.407 e. The van der Waals surface area contributed by atoms with Crippen LogP contribution in [0.15, 0.2) is 60.7 Å². The molecule has 0 fully saturated rings. The van der Waals surface area contributed by atoms with Gasteiger partial charge in [-0.2, -0.15) is 0 Å². The molecule has 8 heteroatoms. The summed E-state index contributed by atoms with van der Waals surface area (Å²) in [6.45, 7) is -0.0101. The van der Waals surface area contributed by atoms with Gasteiger partial charge in [0.25, 0.3) is 0 Å². The molecule has 1 aliphatic carbocycles. The molecule has 0 radical (unpaired) electrons. The zero-order chi connectivity index (χ0) is 23.5. The highest BCUT2D eigenvalue weighted by Crippen LogP contribution is 2.44. The maximum atomic E-state index is 14.3. The first-order valence-corrected chi connectivity index (χ1v) is 10.3. The number of fused-ring (bicyclic) bond motifs is 3. The number of hydrogen-bond donors (Lipinski definition) is 2. The number of alkyl carbamates (subject to hydrolysis) is 1. The Bertz CT molecular complexity index is 1170. The van der Waals surface area contributed by atoms with Gasteiger partial charge in [0.1, 0.15) is 18.4 Å². The Labute approximate surface area is 188 Å². The number of ether oxygens (including phenoxy) is 2. The van der Waals surface area contributed by atoms with E-state index in [4.69, 9.17) is 9.47 Å². The minimum absolute atomic E-state index is 0.0101. The molecule has 0 heterocycles. The number of halogens is 2. The van der Waals surface area contributed by atoms with E-state index in [0.717, 1.165) is 28.3 Å². The highest BCUT2D eigenvalue weighted by atomic mass is 19.2. The molecule has 3 aromatic rings. The molecule has 33 heavy (non-hydrogen) atoms. The van der Waals surface area contributed by atoms with Gasteiger partial charge in [0.15, 0.2) is 11.6 Å². The van der Waals surface area contributed by atoms with E-state index in [0.29, 0.717) is 0 Å². The van der Waals surface area contributed by atoms with E-state index < -0.39 is 36.2 Å². The molecule has 170 valence electrons. The standard InChI is InChI=1S/C25H21F2NO5/c1-32-22-11-10-20(26)23(27)18(22)12-21(24(29)30)28-25(31)33-13-19-16-8-4-2-6-14(16)15-7-3-5-9-17(15)19/h2-11,19,21H,12-13H2,1H3,(H,28,31)(H,29,30). The molecule has 0 aliphatic heterocycles. The van der Waals surface area contributed by atoms with Crippen LogP contribution in [0, 0.1) is 11.6 Å². The van der Waals surface area contributed by atoms with E-state index in [1.54, 1.807) is 0 Å². The minimum atomic E-state index is -1.55. The molecular weight excluding hydrogens is 432 g/mol. The average Bonchev–Trinajstić information content (AvgIpc) is 3.14. The van der Waals surface area contributed by atoms with E-state index in [1.165, 1.54) is 13.2 Å². The second-order valence-corrected chi connectivity index (χ2v) is 7.61. The third-order valence-electron chi connectivity index (χ3n) is 5.72. The van der Waals surface area contributed by atoms with Crippen LogP contribution in [-0.4, -0.2) is 36.9 Å². The topological polar surface area (TPSA) is 84.9 Å². The summed E-state index contributed by atoms with van der Waals surface area (Å²) in [7, 11) is 1.25. The summed E-state index contributed by atoms with van der Waals surface area (Å²) in [4.78, 5) is 24.1. The first kappa shape index (κ1) is 22.3. The number of carbonyl (C=O) groups excluding carboxylic acids is 1. The van der Waals surface area contributed by atoms with Crippen molar-refractivity contribution in [2.75, 3.05) is 13.7 Å². The number of rotatable bonds is 7. The van der Waals surface area contributed by atoms with Gasteiger partial charge in [0.05, 0.1) is 7.11 Å². The van der Waals surface area contributed by atoms with Crippen molar-refractivity contribution in [3.8, 4) is 16.9 Å². The monoisotopic (exact) mass is 453 g/mol. The Morgan fingerprint density at radius 2 is 1.61 bits per heavy atom. The van der Waals surface area contributed by atoms with Gasteiger partial charge in [-0.05, 0) is 34.4 Å². The zero-order valence-electron chi connectivity index (χ0n) is 17.7. The summed E-state index contributed by atoms with van der Waals surface area (Å²) in [5.41, 5.74) is 3.84. The van der Waals surface area contributed by atoms with E-state index in [-0.39, 0.29) is 23.8 Å². The van der Waals surface area contributed by atoms with Crippen LogP contribution in [0.4, 0.5) is 13.6 Å². The van der Waals surface area contributed by atoms with Crippen LogP contribution in [0.25, 0.3) is 11.1 Å². The van der Waals surface area contributed by atoms with Crippen molar-refractivity contribution in [2.45, 2.75) is 18.4 Å².